The standard InChI is InChI=1S/C15H17N3OS/c1-9(2)8-18-13-10-6-4-5-7-11(10)16-14(19)12(13)17-15(18)20-3/h4-7,9H,8H2,1-3H3,(H,16,19). The molecule has 0 amide bonds. The number of thioether (sulfide) groups is 1. The Balaban J connectivity index is 2.48. The minimum Gasteiger partial charge on any atom is -0.320 e. The highest BCUT2D eigenvalue weighted by atomic mass is 32.2. The van der Waals surface area contributed by atoms with Gasteiger partial charge in [0.1, 0.15) is 0 Å². The van der Waals surface area contributed by atoms with Crippen molar-refractivity contribution >= 4 is 33.7 Å². The molecule has 20 heavy (non-hydrogen) atoms. The molecule has 5 heteroatoms. The lowest BCUT2D eigenvalue weighted by atomic mass is 10.1. The molecule has 3 rings (SSSR count). The number of H-pyrrole nitrogens is 1. The highest BCUT2D eigenvalue weighted by molar-refractivity contribution is 7.98. The number of benzene rings is 1. The van der Waals surface area contributed by atoms with Gasteiger partial charge >= 0.3 is 0 Å². The van der Waals surface area contributed by atoms with E-state index >= 15 is 0 Å². The summed E-state index contributed by atoms with van der Waals surface area (Å²) in [5.74, 6) is 0.497. The normalized spacial score (nSPS) is 11.8. The van der Waals surface area contributed by atoms with Crippen LogP contribution in [-0.4, -0.2) is 20.8 Å². The van der Waals surface area contributed by atoms with Crippen molar-refractivity contribution in [3.63, 3.8) is 0 Å². The zero-order valence-electron chi connectivity index (χ0n) is 11.8. The molecule has 0 aliphatic carbocycles. The Labute approximate surface area is 121 Å². The van der Waals surface area contributed by atoms with E-state index in [1.807, 2.05) is 30.5 Å². The highest BCUT2D eigenvalue weighted by Gasteiger charge is 2.16. The fourth-order valence-electron chi connectivity index (χ4n) is 2.53. The summed E-state index contributed by atoms with van der Waals surface area (Å²) in [7, 11) is 0. The smallest absolute Gasteiger partial charge is 0.276 e. The van der Waals surface area contributed by atoms with E-state index in [9.17, 15) is 4.79 Å². The van der Waals surface area contributed by atoms with Crippen LogP contribution in [0.5, 0.6) is 0 Å². The summed E-state index contributed by atoms with van der Waals surface area (Å²) in [4.78, 5) is 19.6. The molecule has 1 N–H and O–H groups in total. The third-order valence-electron chi connectivity index (χ3n) is 3.31. The Bertz CT molecular complexity index is 832. The van der Waals surface area contributed by atoms with Gasteiger partial charge in [-0.05, 0) is 18.2 Å². The van der Waals surface area contributed by atoms with Crippen LogP contribution in [0.1, 0.15) is 13.8 Å². The second-order valence-electron chi connectivity index (χ2n) is 5.30. The van der Waals surface area contributed by atoms with Crippen LogP contribution in [0.2, 0.25) is 0 Å². The van der Waals surface area contributed by atoms with Gasteiger partial charge in [0.25, 0.3) is 5.56 Å². The molecule has 1 aromatic carbocycles. The van der Waals surface area contributed by atoms with Gasteiger partial charge in [-0.3, -0.25) is 4.79 Å². The summed E-state index contributed by atoms with van der Waals surface area (Å²) < 4.78 is 2.17. The minimum absolute atomic E-state index is 0.114. The van der Waals surface area contributed by atoms with Gasteiger partial charge in [-0.15, -0.1) is 0 Å². The molecule has 0 aliphatic rings. The number of aromatic nitrogens is 3. The first-order valence-electron chi connectivity index (χ1n) is 6.67. The molecule has 0 aliphatic heterocycles. The van der Waals surface area contributed by atoms with E-state index in [1.165, 1.54) is 0 Å². The van der Waals surface area contributed by atoms with Gasteiger partial charge in [-0.2, -0.15) is 0 Å². The zero-order chi connectivity index (χ0) is 14.3. The third-order valence-corrected chi connectivity index (χ3v) is 3.99. The molecule has 0 saturated carbocycles. The Kier molecular flexibility index (Phi) is 3.30. The van der Waals surface area contributed by atoms with Crippen molar-refractivity contribution in [3.05, 3.63) is 34.6 Å². The molecule has 0 saturated heterocycles. The molecule has 2 heterocycles. The van der Waals surface area contributed by atoms with Crippen LogP contribution in [0.25, 0.3) is 21.9 Å². The maximum absolute atomic E-state index is 12.2. The predicted octanol–water partition coefficient (Wildman–Crippen LogP) is 3.26. The summed E-state index contributed by atoms with van der Waals surface area (Å²) in [6.07, 6.45) is 1.99. The van der Waals surface area contributed by atoms with Gasteiger partial charge in [0.15, 0.2) is 10.7 Å². The first-order chi connectivity index (χ1) is 9.61. The summed E-state index contributed by atoms with van der Waals surface area (Å²) in [6.45, 7) is 5.21. The summed E-state index contributed by atoms with van der Waals surface area (Å²) in [6, 6.07) is 7.90. The van der Waals surface area contributed by atoms with E-state index in [0.29, 0.717) is 11.4 Å². The van der Waals surface area contributed by atoms with E-state index in [1.54, 1.807) is 11.8 Å². The first kappa shape index (κ1) is 13.2. The molecule has 0 atom stereocenters. The Morgan fingerprint density at radius 3 is 2.80 bits per heavy atom. The van der Waals surface area contributed by atoms with Crippen molar-refractivity contribution in [2.75, 3.05) is 6.26 Å². The number of para-hydroxylation sites is 1. The van der Waals surface area contributed by atoms with Gasteiger partial charge in [-0.1, -0.05) is 43.8 Å². The second-order valence-corrected chi connectivity index (χ2v) is 6.07. The van der Waals surface area contributed by atoms with E-state index in [2.05, 4.69) is 28.4 Å². The number of nitrogens with zero attached hydrogens (tertiary/aromatic N) is 2. The quantitative estimate of drug-likeness (QED) is 0.752. The van der Waals surface area contributed by atoms with Crippen LogP contribution in [-0.2, 0) is 6.54 Å². The zero-order valence-corrected chi connectivity index (χ0v) is 12.6. The minimum atomic E-state index is -0.114. The van der Waals surface area contributed by atoms with Crippen LogP contribution in [0.15, 0.2) is 34.2 Å². The number of fused-ring (bicyclic) bond motifs is 3. The molecular formula is C15H17N3OS. The van der Waals surface area contributed by atoms with Gasteiger partial charge in [0, 0.05) is 11.9 Å². The first-order valence-corrected chi connectivity index (χ1v) is 7.89. The predicted molar refractivity (Wildman–Crippen MR) is 84.5 cm³/mol. The van der Waals surface area contributed by atoms with Crippen molar-refractivity contribution in [1.82, 2.24) is 14.5 Å². The third kappa shape index (κ3) is 2.02. The largest absolute Gasteiger partial charge is 0.320 e. The second kappa shape index (κ2) is 4.98. The fraction of sp³-hybridized carbons (Fsp3) is 0.333. The van der Waals surface area contributed by atoms with Gasteiger partial charge in [0.05, 0.1) is 11.0 Å². The number of aromatic amines is 1. The lowest BCUT2D eigenvalue weighted by molar-refractivity contribution is 0.506. The summed E-state index contributed by atoms with van der Waals surface area (Å²) in [5, 5.41) is 1.95. The molecule has 3 aromatic rings. The van der Waals surface area contributed by atoms with Gasteiger partial charge < -0.3 is 9.55 Å². The number of hydrogen-bond acceptors (Lipinski definition) is 3. The van der Waals surface area contributed by atoms with E-state index in [0.717, 1.165) is 28.1 Å². The number of nitrogens with one attached hydrogen (secondary N) is 1. The van der Waals surface area contributed by atoms with Crippen molar-refractivity contribution in [1.29, 1.82) is 0 Å². The maximum Gasteiger partial charge on any atom is 0.276 e. The molecule has 2 aromatic heterocycles. The molecule has 0 radical (unpaired) electrons. The molecule has 4 nitrogen and oxygen atoms in total. The van der Waals surface area contributed by atoms with Crippen LogP contribution in [0, 0.1) is 5.92 Å². The molecular weight excluding hydrogens is 270 g/mol. The highest BCUT2D eigenvalue weighted by Crippen LogP contribution is 2.27. The van der Waals surface area contributed by atoms with Crippen LogP contribution >= 0.6 is 11.8 Å². The Morgan fingerprint density at radius 1 is 1.35 bits per heavy atom. The number of pyridine rings is 1. The number of rotatable bonds is 3. The Hall–Kier alpha value is -1.75. The van der Waals surface area contributed by atoms with Crippen molar-refractivity contribution in [3.8, 4) is 0 Å². The van der Waals surface area contributed by atoms with E-state index in [-0.39, 0.29) is 5.56 Å². The van der Waals surface area contributed by atoms with Crippen molar-refractivity contribution in [2.45, 2.75) is 25.5 Å². The summed E-state index contributed by atoms with van der Waals surface area (Å²) >= 11 is 1.58. The molecule has 0 fully saturated rings. The lowest BCUT2D eigenvalue weighted by Crippen LogP contribution is -2.09. The molecule has 0 bridgehead atoms. The van der Waals surface area contributed by atoms with Crippen molar-refractivity contribution in [2.24, 2.45) is 5.92 Å². The van der Waals surface area contributed by atoms with Crippen LogP contribution in [0.4, 0.5) is 0 Å². The average molecular weight is 287 g/mol. The lowest BCUT2D eigenvalue weighted by Gasteiger charge is -2.11. The van der Waals surface area contributed by atoms with Crippen molar-refractivity contribution < 1.29 is 0 Å². The van der Waals surface area contributed by atoms with Crippen LogP contribution < -0.4 is 5.56 Å². The fourth-order valence-corrected chi connectivity index (χ4v) is 3.10. The SMILES string of the molecule is CSc1nc2c(=O)[nH]c3ccccc3c2n1CC(C)C. The topological polar surface area (TPSA) is 50.7 Å². The van der Waals surface area contributed by atoms with E-state index < -0.39 is 0 Å². The number of imidazole rings is 1. The molecule has 104 valence electrons. The van der Waals surface area contributed by atoms with Crippen LogP contribution in [0.3, 0.4) is 0 Å². The monoisotopic (exact) mass is 287 g/mol. The van der Waals surface area contributed by atoms with E-state index in [4.69, 9.17) is 0 Å². The summed E-state index contributed by atoms with van der Waals surface area (Å²) in [5.41, 5.74) is 2.23. The molecule has 0 spiro atoms. The maximum atomic E-state index is 12.2. The Morgan fingerprint density at radius 2 is 2.10 bits per heavy atom. The van der Waals surface area contributed by atoms with Gasteiger partial charge in [-0.25, -0.2) is 4.98 Å². The average Bonchev–Trinajstić information content (AvgIpc) is 2.78. The van der Waals surface area contributed by atoms with Gasteiger partial charge in [0.2, 0.25) is 0 Å². The number of hydrogen-bond donors (Lipinski definition) is 1. The molecule has 0 unspecified atom stereocenters.